The summed E-state index contributed by atoms with van der Waals surface area (Å²) in [5.74, 6) is 1.54. The zero-order valence-corrected chi connectivity index (χ0v) is 20.5. The van der Waals surface area contributed by atoms with Gasteiger partial charge in [-0.05, 0) is 76.0 Å². The van der Waals surface area contributed by atoms with Crippen LogP contribution in [0.5, 0.6) is 5.88 Å². The molecule has 8 nitrogen and oxygen atoms in total. The highest BCUT2D eigenvalue weighted by Crippen LogP contribution is 2.48. The van der Waals surface area contributed by atoms with Gasteiger partial charge >= 0.3 is 5.97 Å². The number of nitrogens with one attached hydrogen (secondary N) is 1. The number of anilines is 2. The van der Waals surface area contributed by atoms with E-state index >= 15 is 0 Å². The number of esters is 1. The fourth-order valence-electron chi connectivity index (χ4n) is 4.78. The van der Waals surface area contributed by atoms with Crippen LogP contribution in [-0.2, 0) is 10.3 Å². The second kappa shape index (κ2) is 7.62. The molecule has 4 heterocycles. The van der Waals surface area contributed by atoms with E-state index in [1.807, 2.05) is 33.8 Å². The molecular formula is C27H30N4O4. The fourth-order valence-corrected chi connectivity index (χ4v) is 4.78. The van der Waals surface area contributed by atoms with Gasteiger partial charge in [-0.15, -0.1) is 0 Å². The van der Waals surface area contributed by atoms with Gasteiger partial charge < -0.3 is 19.9 Å². The van der Waals surface area contributed by atoms with Gasteiger partial charge in [0.05, 0.1) is 22.2 Å². The molecule has 2 saturated carbocycles. The molecule has 3 aromatic heterocycles. The number of carbonyl (C=O) groups excluding carboxylic acids is 1. The predicted molar refractivity (Wildman–Crippen MR) is 131 cm³/mol. The van der Waals surface area contributed by atoms with E-state index in [-0.39, 0.29) is 23.9 Å². The van der Waals surface area contributed by atoms with Crippen LogP contribution in [0.15, 0.2) is 30.6 Å². The molecule has 0 radical (unpaired) electrons. The predicted octanol–water partition coefficient (Wildman–Crippen LogP) is 4.98. The molecule has 0 amide bonds. The van der Waals surface area contributed by atoms with Crippen LogP contribution in [0, 0.1) is 5.92 Å². The van der Waals surface area contributed by atoms with Crippen molar-refractivity contribution in [3.05, 3.63) is 47.4 Å². The monoisotopic (exact) mass is 474 g/mol. The van der Waals surface area contributed by atoms with Crippen LogP contribution in [0.3, 0.4) is 0 Å². The van der Waals surface area contributed by atoms with Gasteiger partial charge in [-0.3, -0.25) is 0 Å². The molecule has 6 rings (SSSR count). The molecule has 2 aliphatic carbocycles. The van der Waals surface area contributed by atoms with Crippen LogP contribution in [-0.4, -0.2) is 37.7 Å². The lowest BCUT2D eigenvalue weighted by atomic mass is 9.84. The summed E-state index contributed by atoms with van der Waals surface area (Å²) in [5.41, 5.74) is 0.363. The third kappa shape index (κ3) is 3.89. The van der Waals surface area contributed by atoms with E-state index in [1.165, 1.54) is 0 Å². The number of hydrogen-bond donors (Lipinski definition) is 2. The number of cyclic esters (lactones) is 1. The van der Waals surface area contributed by atoms with Crippen molar-refractivity contribution in [3.8, 4) is 5.88 Å². The fraction of sp³-hybridized carbons (Fsp3) is 0.481. The Morgan fingerprint density at radius 2 is 1.89 bits per heavy atom. The molecule has 2 fully saturated rings. The zero-order valence-electron chi connectivity index (χ0n) is 20.5. The molecule has 182 valence electrons. The van der Waals surface area contributed by atoms with Gasteiger partial charge in [0.1, 0.15) is 23.3 Å². The van der Waals surface area contributed by atoms with Crippen molar-refractivity contribution in [3.63, 3.8) is 0 Å². The van der Waals surface area contributed by atoms with Gasteiger partial charge in [-0.2, -0.15) is 0 Å². The normalized spacial score (nSPS) is 22.8. The first-order chi connectivity index (χ1) is 16.6. The van der Waals surface area contributed by atoms with Gasteiger partial charge in [0.25, 0.3) is 0 Å². The lowest BCUT2D eigenvalue weighted by Gasteiger charge is -2.36. The molecule has 0 spiro atoms. The lowest BCUT2D eigenvalue weighted by molar-refractivity contribution is -0.0189. The van der Waals surface area contributed by atoms with Gasteiger partial charge in [-0.25, -0.2) is 19.7 Å². The lowest BCUT2D eigenvalue weighted by Crippen LogP contribution is -2.39. The minimum Gasteiger partial charge on any atom is -0.474 e. The van der Waals surface area contributed by atoms with Crippen LogP contribution in [0.1, 0.15) is 80.9 Å². The third-order valence-corrected chi connectivity index (χ3v) is 7.67. The molecule has 35 heavy (non-hydrogen) atoms. The smallest absolute Gasteiger partial charge is 0.340 e. The van der Waals surface area contributed by atoms with Crippen molar-refractivity contribution in [1.82, 2.24) is 15.0 Å². The average Bonchev–Trinajstić information content (AvgIpc) is 3.71. The van der Waals surface area contributed by atoms with E-state index in [9.17, 15) is 9.90 Å². The summed E-state index contributed by atoms with van der Waals surface area (Å²) in [6.45, 7) is 7.67. The van der Waals surface area contributed by atoms with Gasteiger partial charge in [-0.1, -0.05) is 6.92 Å². The maximum atomic E-state index is 12.4. The molecule has 1 aliphatic heterocycles. The molecule has 3 aromatic rings. The van der Waals surface area contributed by atoms with E-state index in [4.69, 9.17) is 14.5 Å². The van der Waals surface area contributed by atoms with Gasteiger partial charge in [0.15, 0.2) is 0 Å². The molecule has 0 unspecified atom stereocenters. The minimum atomic E-state index is -0.979. The topological polar surface area (TPSA) is 106 Å². The first kappa shape index (κ1) is 22.2. The Balaban J connectivity index is 1.39. The zero-order chi connectivity index (χ0) is 24.5. The number of aromatic nitrogens is 3. The van der Waals surface area contributed by atoms with E-state index in [0.717, 1.165) is 42.0 Å². The molecule has 3 aliphatic rings. The molecule has 0 aromatic carbocycles. The Morgan fingerprint density at radius 3 is 2.60 bits per heavy atom. The Labute approximate surface area is 204 Å². The second-order valence-electron chi connectivity index (χ2n) is 10.8. The number of carbonyl (C=O) groups is 1. The van der Waals surface area contributed by atoms with E-state index < -0.39 is 11.2 Å². The summed E-state index contributed by atoms with van der Waals surface area (Å²) in [6.07, 6.45) is 7.76. The first-order valence-electron chi connectivity index (χ1n) is 12.3. The second-order valence-corrected chi connectivity index (χ2v) is 10.8. The van der Waals surface area contributed by atoms with E-state index in [1.54, 1.807) is 24.5 Å². The summed E-state index contributed by atoms with van der Waals surface area (Å²) in [6, 6.07) is 5.42. The highest BCUT2D eigenvalue weighted by atomic mass is 16.6. The number of hydrogen-bond acceptors (Lipinski definition) is 8. The standard InChI is InChI=1S/C27H30N4O4/c1-14-23-17(25(32)35-26(14,2)3)9-10-21(31-23)30-22-11-18-19(12-28-22)24(34-16-7-8-16)29-13-20(18)27(4,33)15-5-6-15/h9-16,33H,5-8H2,1-4H3,(H,28,30,31)/t14-,27-/m1/s1. The van der Waals surface area contributed by atoms with Gasteiger partial charge in [0, 0.05) is 23.9 Å². The van der Waals surface area contributed by atoms with Crippen LogP contribution in [0.4, 0.5) is 11.6 Å². The Kier molecular flexibility index (Phi) is 4.84. The highest BCUT2D eigenvalue weighted by Gasteiger charge is 2.43. The molecule has 2 atom stereocenters. The molecule has 8 heteroatoms. The largest absolute Gasteiger partial charge is 0.474 e. The molecule has 2 N–H and O–H groups in total. The quantitative estimate of drug-likeness (QED) is 0.482. The molecule has 0 saturated heterocycles. The van der Waals surface area contributed by atoms with E-state index in [0.29, 0.717) is 28.8 Å². The summed E-state index contributed by atoms with van der Waals surface area (Å²) in [4.78, 5) is 26.3. The van der Waals surface area contributed by atoms with Crippen LogP contribution in [0.2, 0.25) is 0 Å². The summed E-state index contributed by atoms with van der Waals surface area (Å²) in [7, 11) is 0. The minimum absolute atomic E-state index is 0.0602. The third-order valence-electron chi connectivity index (χ3n) is 7.67. The van der Waals surface area contributed by atoms with Crippen LogP contribution >= 0.6 is 0 Å². The van der Waals surface area contributed by atoms with Crippen molar-refractivity contribution in [2.75, 3.05) is 5.32 Å². The van der Waals surface area contributed by atoms with Crippen molar-refractivity contribution < 1.29 is 19.4 Å². The number of aliphatic hydroxyl groups is 1. The van der Waals surface area contributed by atoms with E-state index in [2.05, 4.69) is 15.3 Å². The van der Waals surface area contributed by atoms with Crippen LogP contribution in [0.25, 0.3) is 10.8 Å². The summed E-state index contributed by atoms with van der Waals surface area (Å²) >= 11 is 0. The number of fused-ring (bicyclic) bond motifs is 2. The van der Waals surface area contributed by atoms with Crippen LogP contribution < -0.4 is 10.1 Å². The van der Waals surface area contributed by atoms with Crippen molar-refractivity contribution >= 4 is 28.4 Å². The maximum absolute atomic E-state index is 12.4. The first-order valence-corrected chi connectivity index (χ1v) is 12.3. The van der Waals surface area contributed by atoms with Crippen molar-refractivity contribution in [2.45, 2.75) is 76.6 Å². The summed E-state index contributed by atoms with van der Waals surface area (Å²) < 4.78 is 11.6. The number of nitrogens with zero attached hydrogens (tertiary/aromatic N) is 3. The number of pyridine rings is 3. The SMILES string of the molecule is C[C@@H]1c2nc(Nc3cc4c([C@](C)(O)C5CC5)cnc(OC5CC5)c4cn3)ccc2C(=O)OC1(C)C. The maximum Gasteiger partial charge on any atom is 0.340 e. The summed E-state index contributed by atoms with van der Waals surface area (Å²) in [5, 5.41) is 16.3. The highest BCUT2D eigenvalue weighted by molar-refractivity contribution is 5.93. The Morgan fingerprint density at radius 1 is 1.11 bits per heavy atom. The van der Waals surface area contributed by atoms with Gasteiger partial charge in [0.2, 0.25) is 5.88 Å². The molecular weight excluding hydrogens is 444 g/mol. The Bertz CT molecular complexity index is 1340. The molecule has 0 bridgehead atoms. The van der Waals surface area contributed by atoms with Crippen molar-refractivity contribution in [2.24, 2.45) is 5.92 Å². The number of rotatable bonds is 6. The number of ether oxygens (including phenoxy) is 2. The van der Waals surface area contributed by atoms with Crippen molar-refractivity contribution in [1.29, 1.82) is 0 Å². The average molecular weight is 475 g/mol. The Hall–Kier alpha value is -3.26.